The van der Waals surface area contributed by atoms with Gasteiger partial charge < -0.3 is 5.32 Å². The molecule has 17 heavy (non-hydrogen) atoms. The maximum Gasteiger partial charge on any atom is 0.233 e. The summed E-state index contributed by atoms with van der Waals surface area (Å²) in [6.45, 7) is 1.93. The molecular formula is C11H15N3OS2. The maximum atomic E-state index is 11.8. The van der Waals surface area contributed by atoms with Crippen LogP contribution in [0, 0.1) is 0 Å². The zero-order valence-electron chi connectivity index (χ0n) is 9.68. The van der Waals surface area contributed by atoms with Crippen LogP contribution in [0.3, 0.4) is 0 Å². The number of amides is 1. The summed E-state index contributed by atoms with van der Waals surface area (Å²) < 4.78 is 0.922. The summed E-state index contributed by atoms with van der Waals surface area (Å²) in [5.41, 5.74) is 0. The normalized spacial score (nSPS) is 21.2. The van der Waals surface area contributed by atoms with E-state index in [1.165, 1.54) is 24.6 Å². The average molecular weight is 269 g/mol. The smallest absolute Gasteiger partial charge is 0.233 e. The van der Waals surface area contributed by atoms with Crippen LogP contribution < -0.4 is 5.32 Å². The van der Waals surface area contributed by atoms with Gasteiger partial charge in [0.1, 0.15) is 5.01 Å². The molecule has 0 aliphatic heterocycles. The molecule has 6 heteroatoms. The van der Waals surface area contributed by atoms with Crippen LogP contribution in [-0.2, 0) is 4.79 Å². The second kappa shape index (κ2) is 4.57. The molecule has 0 spiro atoms. The Bertz CT molecular complexity index is 426. The minimum atomic E-state index is -0.0735. The third-order valence-corrected chi connectivity index (χ3v) is 5.19. The van der Waals surface area contributed by atoms with Crippen molar-refractivity contribution in [2.75, 3.05) is 0 Å². The second-order valence-electron chi connectivity index (χ2n) is 4.72. The van der Waals surface area contributed by atoms with Gasteiger partial charge in [0.15, 0.2) is 4.34 Å². The van der Waals surface area contributed by atoms with Gasteiger partial charge in [0.25, 0.3) is 0 Å². The molecule has 0 saturated heterocycles. The van der Waals surface area contributed by atoms with Crippen molar-refractivity contribution in [3.8, 4) is 0 Å². The van der Waals surface area contributed by atoms with Gasteiger partial charge in [-0.05, 0) is 32.6 Å². The van der Waals surface area contributed by atoms with Crippen molar-refractivity contribution in [3.05, 3.63) is 5.01 Å². The molecule has 0 unspecified atom stereocenters. The fourth-order valence-electron chi connectivity index (χ4n) is 1.51. The Morgan fingerprint density at radius 2 is 2.18 bits per heavy atom. The van der Waals surface area contributed by atoms with Crippen molar-refractivity contribution < 1.29 is 4.79 Å². The minimum absolute atomic E-state index is 0.0735. The highest BCUT2D eigenvalue weighted by Crippen LogP contribution is 2.42. The number of carbonyl (C=O) groups excluding carboxylic acids is 1. The first-order valence-corrected chi connectivity index (χ1v) is 7.72. The summed E-state index contributed by atoms with van der Waals surface area (Å²) in [7, 11) is 0. The average Bonchev–Trinajstić information content (AvgIpc) is 3.21. The minimum Gasteiger partial charge on any atom is -0.352 e. The zero-order chi connectivity index (χ0) is 11.8. The Kier molecular flexibility index (Phi) is 3.08. The molecule has 2 fully saturated rings. The van der Waals surface area contributed by atoms with Gasteiger partial charge in [-0.2, -0.15) is 0 Å². The molecule has 1 N–H and O–H groups in total. The highest BCUT2D eigenvalue weighted by molar-refractivity contribution is 8.02. The van der Waals surface area contributed by atoms with E-state index in [4.69, 9.17) is 0 Å². The highest BCUT2D eigenvalue weighted by Gasteiger charge is 2.29. The molecule has 0 bridgehead atoms. The number of thioether (sulfide) groups is 1. The molecule has 2 saturated carbocycles. The number of nitrogens with one attached hydrogen (secondary N) is 1. The van der Waals surface area contributed by atoms with E-state index >= 15 is 0 Å². The number of hydrogen-bond donors (Lipinski definition) is 1. The van der Waals surface area contributed by atoms with Crippen LogP contribution in [0.5, 0.6) is 0 Å². The monoisotopic (exact) mass is 269 g/mol. The molecule has 1 aromatic rings. The summed E-state index contributed by atoms with van der Waals surface area (Å²) in [5, 5.41) is 12.4. The van der Waals surface area contributed by atoms with Gasteiger partial charge in [0.2, 0.25) is 5.91 Å². The molecule has 1 heterocycles. The molecule has 92 valence electrons. The number of rotatable bonds is 5. The lowest BCUT2D eigenvalue weighted by Gasteiger charge is -2.08. The van der Waals surface area contributed by atoms with Crippen LogP contribution in [0.2, 0.25) is 0 Å². The first-order chi connectivity index (χ1) is 8.22. The molecule has 0 radical (unpaired) electrons. The van der Waals surface area contributed by atoms with Crippen LogP contribution in [-0.4, -0.2) is 27.4 Å². The number of carbonyl (C=O) groups is 1. The fraction of sp³-hybridized carbons (Fsp3) is 0.727. The lowest BCUT2D eigenvalue weighted by molar-refractivity contribution is -0.120. The topological polar surface area (TPSA) is 54.9 Å². The molecule has 2 aliphatic rings. The third-order valence-electron chi connectivity index (χ3n) is 2.92. The van der Waals surface area contributed by atoms with Crippen molar-refractivity contribution in [2.24, 2.45) is 0 Å². The molecule has 4 nitrogen and oxygen atoms in total. The second-order valence-corrected chi connectivity index (χ2v) is 7.32. The summed E-state index contributed by atoms with van der Waals surface area (Å²) in [6.07, 6.45) is 4.76. The molecule has 0 aromatic carbocycles. The van der Waals surface area contributed by atoms with Crippen molar-refractivity contribution in [2.45, 2.75) is 54.2 Å². The van der Waals surface area contributed by atoms with E-state index < -0.39 is 0 Å². The molecule has 1 atom stereocenters. The standard InChI is InChI=1S/C11H15N3OS2/c1-6(9(15)12-8-4-5-8)16-11-14-13-10(17-11)7-2-3-7/h6-8H,2-5H2,1H3,(H,12,15)/t6-/m1/s1. The summed E-state index contributed by atoms with van der Waals surface area (Å²) >= 11 is 3.16. The number of hydrogen-bond acceptors (Lipinski definition) is 5. The number of nitrogens with zero attached hydrogens (tertiary/aromatic N) is 2. The van der Waals surface area contributed by atoms with Gasteiger partial charge in [-0.3, -0.25) is 4.79 Å². The Morgan fingerprint density at radius 1 is 1.41 bits per heavy atom. The van der Waals surface area contributed by atoms with Crippen molar-refractivity contribution in [1.29, 1.82) is 0 Å². The van der Waals surface area contributed by atoms with Gasteiger partial charge in [0.05, 0.1) is 5.25 Å². The van der Waals surface area contributed by atoms with Crippen LogP contribution in [0.15, 0.2) is 4.34 Å². The van der Waals surface area contributed by atoms with Gasteiger partial charge in [-0.25, -0.2) is 0 Å². The van der Waals surface area contributed by atoms with Crippen LogP contribution in [0.4, 0.5) is 0 Å². The van der Waals surface area contributed by atoms with Crippen molar-refractivity contribution >= 4 is 29.0 Å². The Balaban J connectivity index is 1.54. The SMILES string of the molecule is C[C@@H](Sc1nnc(C2CC2)s1)C(=O)NC1CC1. The highest BCUT2D eigenvalue weighted by atomic mass is 32.2. The van der Waals surface area contributed by atoms with E-state index in [0.29, 0.717) is 12.0 Å². The van der Waals surface area contributed by atoms with E-state index in [2.05, 4.69) is 15.5 Å². The van der Waals surface area contributed by atoms with Crippen LogP contribution in [0.25, 0.3) is 0 Å². The predicted molar refractivity (Wildman–Crippen MR) is 68.4 cm³/mol. The first kappa shape index (κ1) is 11.5. The Labute approximate surface area is 109 Å². The van der Waals surface area contributed by atoms with Crippen LogP contribution >= 0.6 is 23.1 Å². The van der Waals surface area contributed by atoms with Crippen LogP contribution in [0.1, 0.15) is 43.5 Å². The Morgan fingerprint density at radius 3 is 2.82 bits per heavy atom. The largest absolute Gasteiger partial charge is 0.352 e. The number of aromatic nitrogens is 2. The maximum absolute atomic E-state index is 11.8. The first-order valence-electron chi connectivity index (χ1n) is 6.03. The van der Waals surface area contributed by atoms with E-state index in [9.17, 15) is 4.79 Å². The molecule has 1 amide bonds. The fourth-order valence-corrected chi connectivity index (χ4v) is 3.71. The lowest BCUT2D eigenvalue weighted by Crippen LogP contribution is -2.32. The quantitative estimate of drug-likeness (QED) is 0.832. The van der Waals surface area contributed by atoms with Gasteiger partial charge in [-0.1, -0.05) is 23.1 Å². The van der Waals surface area contributed by atoms with E-state index in [0.717, 1.165) is 22.2 Å². The molecule has 1 aromatic heterocycles. The third kappa shape index (κ3) is 2.98. The Hall–Kier alpha value is -0.620. The van der Waals surface area contributed by atoms with E-state index in [-0.39, 0.29) is 11.2 Å². The summed E-state index contributed by atoms with van der Waals surface area (Å²) in [5.74, 6) is 0.776. The summed E-state index contributed by atoms with van der Waals surface area (Å²) in [6, 6.07) is 0.432. The molecule has 3 rings (SSSR count). The lowest BCUT2D eigenvalue weighted by atomic mass is 10.4. The zero-order valence-corrected chi connectivity index (χ0v) is 11.3. The van der Waals surface area contributed by atoms with Crippen molar-refractivity contribution in [1.82, 2.24) is 15.5 Å². The molecule has 2 aliphatic carbocycles. The summed E-state index contributed by atoms with van der Waals surface area (Å²) in [4.78, 5) is 11.8. The van der Waals surface area contributed by atoms with E-state index in [1.54, 1.807) is 11.3 Å². The molecular weight excluding hydrogens is 254 g/mol. The van der Waals surface area contributed by atoms with E-state index in [1.807, 2.05) is 6.92 Å². The van der Waals surface area contributed by atoms with Gasteiger partial charge >= 0.3 is 0 Å². The van der Waals surface area contributed by atoms with Gasteiger partial charge in [-0.15, -0.1) is 10.2 Å². The predicted octanol–water partition coefficient (Wildman–Crippen LogP) is 2.17. The van der Waals surface area contributed by atoms with Crippen molar-refractivity contribution in [3.63, 3.8) is 0 Å². The van der Waals surface area contributed by atoms with Gasteiger partial charge in [0, 0.05) is 12.0 Å².